The van der Waals surface area contributed by atoms with Crippen LogP contribution in [0, 0.1) is 17.5 Å². The van der Waals surface area contributed by atoms with Gasteiger partial charge in [0.1, 0.15) is 16.2 Å². The fraction of sp³-hybridized carbons (Fsp3) is 0.261. The van der Waals surface area contributed by atoms with E-state index in [2.05, 4.69) is 31.2 Å². The Morgan fingerprint density at radius 3 is 2.42 bits per heavy atom. The van der Waals surface area contributed by atoms with Gasteiger partial charge in [-0.3, -0.25) is 9.78 Å². The number of carbonyl (C=O) groups is 1. The number of rotatable bonds is 4. The third-order valence-electron chi connectivity index (χ3n) is 5.60. The highest BCUT2D eigenvalue weighted by Gasteiger charge is 2.37. The van der Waals surface area contributed by atoms with Gasteiger partial charge in [-0.25, -0.2) is 26.9 Å². The number of nitrogens with zero attached hydrogens (tertiary/aromatic N) is 2. The Morgan fingerprint density at radius 2 is 1.73 bits per heavy atom. The molecule has 1 amide bonds. The highest BCUT2D eigenvalue weighted by molar-refractivity contribution is 9.10. The molecule has 172 valence electrons. The highest BCUT2D eigenvalue weighted by Crippen LogP contribution is 2.44. The third kappa shape index (κ3) is 5.05. The molecule has 0 atom stereocenters. The molecule has 33 heavy (non-hydrogen) atoms. The molecule has 0 aliphatic heterocycles. The van der Waals surface area contributed by atoms with E-state index in [1.165, 1.54) is 12.3 Å². The Bertz CT molecular complexity index is 1210. The zero-order chi connectivity index (χ0) is 23.8. The minimum Gasteiger partial charge on any atom is -0.320 e. The maximum Gasteiger partial charge on any atom is 0.257 e. The van der Waals surface area contributed by atoms with Crippen LogP contribution in [0.4, 0.5) is 27.6 Å². The summed E-state index contributed by atoms with van der Waals surface area (Å²) < 4.78 is 69.8. The summed E-state index contributed by atoms with van der Waals surface area (Å²) >= 11 is 2.91. The average Bonchev–Trinajstić information content (AvgIpc) is 2.77. The van der Waals surface area contributed by atoms with Crippen molar-refractivity contribution in [3.05, 3.63) is 76.0 Å². The highest BCUT2D eigenvalue weighted by atomic mass is 79.9. The number of hydrogen-bond acceptors (Lipinski definition) is 3. The summed E-state index contributed by atoms with van der Waals surface area (Å²) in [6.07, 6.45) is 2.00. The number of pyridine rings is 2. The van der Waals surface area contributed by atoms with Crippen molar-refractivity contribution >= 4 is 27.5 Å². The molecule has 2 aromatic heterocycles. The van der Waals surface area contributed by atoms with Gasteiger partial charge in [0.25, 0.3) is 5.91 Å². The predicted molar refractivity (Wildman–Crippen MR) is 116 cm³/mol. The van der Waals surface area contributed by atoms with Gasteiger partial charge in [-0.2, -0.15) is 0 Å². The Labute approximate surface area is 194 Å². The molecule has 0 saturated heterocycles. The molecular formula is C23H17BrF5N3O. The molecule has 0 bridgehead atoms. The van der Waals surface area contributed by atoms with Gasteiger partial charge < -0.3 is 5.32 Å². The van der Waals surface area contributed by atoms with Crippen molar-refractivity contribution in [2.75, 3.05) is 5.32 Å². The second-order valence-electron chi connectivity index (χ2n) is 7.82. The number of alkyl halides is 2. The average molecular weight is 526 g/mol. The summed E-state index contributed by atoms with van der Waals surface area (Å²) in [5.41, 5.74) is 0.228. The van der Waals surface area contributed by atoms with Crippen LogP contribution in [-0.2, 0) is 0 Å². The fourth-order valence-electron chi connectivity index (χ4n) is 3.89. The molecule has 10 heteroatoms. The van der Waals surface area contributed by atoms with Crippen LogP contribution < -0.4 is 5.32 Å². The first-order valence-electron chi connectivity index (χ1n) is 10.1. The van der Waals surface area contributed by atoms with Crippen LogP contribution in [0.25, 0.3) is 11.1 Å². The van der Waals surface area contributed by atoms with E-state index in [1.54, 1.807) is 0 Å². The van der Waals surface area contributed by atoms with Crippen LogP contribution >= 0.6 is 15.9 Å². The molecule has 3 aromatic rings. The van der Waals surface area contributed by atoms with Gasteiger partial charge in [0.15, 0.2) is 5.82 Å². The van der Waals surface area contributed by atoms with Gasteiger partial charge in [-0.15, -0.1) is 0 Å². The molecule has 4 nitrogen and oxygen atoms in total. The summed E-state index contributed by atoms with van der Waals surface area (Å²) in [5, 5.41) is 2.61. The lowest BCUT2D eigenvalue weighted by atomic mass is 9.83. The second-order valence-corrected chi connectivity index (χ2v) is 8.58. The monoisotopic (exact) mass is 525 g/mol. The molecule has 1 aliphatic carbocycles. The smallest absolute Gasteiger partial charge is 0.257 e. The standard InChI is InChI=1S/C23H17BrF5N3O/c24-21-18(27)9-13(11-31-21)22(33)32-20-15(16-10-14(25)1-2-17(16)26)5-8-30-19(20)12-3-6-23(28,29)7-4-12/h1-2,5,8-12H,3-4,6-7H2,(H,32,33). The normalized spacial score (nSPS) is 15.9. The van der Waals surface area contributed by atoms with Crippen molar-refractivity contribution in [2.45, 2.75) is 37.5 Å². The maximum atomic E-state index is 14.6. The van der Waals surface area contributed by atoms with Crippen molar-refractivity contribution in [2.24, 2.45) is 0 Å². The zero-order valence-electron chi connectivity index (χ0n) is 17.0. The summed E-state index contributed by atoms with van der Waals surface area (Å²) in [7, 11) is 0. The first kappa shape index (κ1) is 23.3. The van der Waals surface area contributed by atoms with Gasteiger partial charge in [-0.1, -0.05) is 0 Å². The van der Waals surface area contributed by atoms with Crippen LogP contribution in [0.5, 0.6) is 0 Å². The van der Waals surface area contributed by atoms with E-state index in [0.717, 1.165) is 30.5 Å². The van der Waals surface area contributed by atoms with E-state index in [1.807, 2.05) is 0 Å². The zero-order valence-corrected chi connectivity index (χ0v) is 18.6. The summed E-state index contributed by atoms with van der Waals surface area (Å²) in [6.45, 7) is 0. The quantitative estimate of drug-likeness (QED) is 0.298. The van der Waals surface area contributed by atoms with Crippen molar-refractivity contribution in [3.8, 4) is 11.1 Å². The lowest BCUT2D eigenvalue weighted by molar-refractivity contribution is -0.0384. The summed E-state index contributed by atoms with van der Waals surface area (Å²) in [6, 6.07) is 5.24. The number of halogens is 6. The number of benzene rings is 1. The molecule has 4 rings (SSSR count). The molecule has 2 heterocycles. The minimum absolute atomic E-state index is 0.0607. The predicted octanol–water partition coefficient (Wildman–Crippen LogP) is 6.87. The van der Waals surface area contributed by atoms with Gasteiger partial charge >= 0.3 is 0 Å². The van der Waals surface area contributed by atoms with E-state index in [9.17, 15) is 26.7 Å². The number of aromatic nitrogens is 2. The molecule has 1 aliphatic rings. The van der Waals surface area contributed by atoms with E-state index in [0.29, 0.717) is 0 Å². The summed E-state index contributed by atoms with van der Waals surface area (Å²) in [5.74, 6) is -6.18. The SMILES string of the molecule is O=C(Nc1c(-c2cc(F)ccc2F)ccnc1C1CCC(F)(F)CC1)c1cnc(Br)c(F)c1. The molecular weight excluding hydrogens is 509 g/mol. The third-order valence-corrected chi connectivity index (χ3v) is 6.18. The van der Waals surface area contributed by atoms with Gasteiger partial charge in [0, 0.05) is 42.3 Å². The van der Waals surface area contributed by atoms with E-state index >= 15 is 0 Å². The summed E-state index contributed by atoms with van der Waals surface area (Å²) in [4.78, 5) is 20.9. The van der Waals surface area contributed by atoms with E-state index < -0.39 is 35.2 Å². The molecule has 0 unspecified atom stereocenters. The Hall–Kier alpha value is -2.88. The minimum atomic E-state index is -2.78. The van der Waals surface area contributed by atoms with Crippen LogP contribution in [0.15, 0.2) is 47.3 Å². The first-order valence-corrected chi connectivity index (χ1v) is 10.9. The number of hydrogen-bond donors (Lipinski definition) is 1. The molecule has 1 saturated carbocycles. The van der Waals surface area contributed by atoms with Gasteiger partial charge in [0.2, 0.25) is 5.92 Å². The maximum absolute atomic E-state index is 14.6. The van der Waals surface area contributed by atoms with Crippen LogP contribution in [-0.4, -0.2) is 21.8 Å². The second kappa shape index (κ2) is 9.17. The fourth-order valence-corrected chi connectivity index (χ4v) is 4.11. The van der Waals surface area contributed by atoms with E-state index in [4.69, 9.17) is 0 Å². The Balaban J connectivity index is 1.80. The molecule has 0 radical (unpaired) electrons. The number of nitrogens with one attached hydrogen (secondary N) is 1. The van der Waals surface area contributed by atoms with Crippen molar-refractivity contribution < 1.29 is 26.7 Å². The number of amides is 1. The molecule has 1 aromatic carbocycles. The molecule has 0 spiro atoms. The Kier molecular flexibility index (Phi) is 6.47. The van der Waals surface area contributed by atoms with E-state index in [-0.39, 0.29) is 58.4 Å². The lowest BCUT2D eigenvalue weighted by Crippen LogP contribution is -2.25. The van der Waals surface area contributed by atoms with Crippen LogP contribution in [0.3, 0.4) is 0 Å². The topological polar surface area (TPSA) is 54.9 Å². The van der Waals surface area contributed by atoms with Crippen LogP contribution in [0.2, 0.25) is 0 Å². The Morgan fingerprint density at radius 1 is 1.00 bits per heavy atom. The number of carbonyl (C=O) groups excluding carboxylic acids is 1. The largest absolute Gasteiger partial charge is 0.320 e. The van der Waals surface area contributed by atoms with Crippen LogP contribution in [0.1, 0.15) is 47.7 Å². The molecule has 1 fully saturated rings. The van der Waals surface area contributed by atoms with Crippen molar-refractivity contribution in [3.63, 3.8) is 0 Å². The van der Waals surface area contributed by atoms with Crippen molar-refractivity contribution in [1.29, 1.82) is 0 Å². The lowest BCUT2D eigenvalue weighted by Gasteiger charge is -2.29. The molecule has 1 N–H and O–H groups in total. The van der Waals surface area contributed by atoms with Gasteiger partial charge in [-0.05, 0) is 59.1 Å². The van der Waals surface area contributed by atoms with Gasteiger partial charge in [0.05, 0.1) is 16.9 Å². The number of anilines is 1. The van der Waals surface area contributed by atoms with Crippen molar-refractivity contribution in [1.82, 2.24) is 9.97 Å². The first-order chi connectivity index (χ1) is 15.6.